The zero-order valence-electron chi connectivity index (χ0n) is 9.83. The molecule has 0 spiro atoms. The molecule has 1 aromatic rings. The highest BCUT2D eigenvalue weighted by atomic mass is 15.2. The summed E-state index contributed by atoms with van der Waals surface area (Å²) >= 11 is 0. The Morgan fingerprint density at radius 2 is 2.31 bits per heavy atom. The molecule has 84 valence electrons. The molecule has 0 radical (unpaired) electrons. The fraction of sp³-hybridized carbons (Fsp3) is 0.462. The second-order valence-corrected chi connectivity index (χ2v) is 4.55. The van der Waals surface area contributed by atoms with E-state index in [0.717, 1.165) is 36.3 Å². The molecule has 16 heavy (non-hydrogen) atoms. The molecule has 0 amide bonds. The topological polar surface area (TPSA) is 39.1 Å². The van der Waals surface area contributed by atoms with Crippen molar-refractivity contribution in [3.63, 3.8) is 0 Å². The van der Waals surface area contributed by atoms with E-state index in [2.05, 4.69) is 23.3 Å². The van der Waals surface area contributed by atoms with E-state index in [4.69, 9.17) is 5.26 Å². The smallest absolute Gasteiger partial charge is 0.101 e. The first-order chi connectivity index (χ1) is 7.69. The minimum Gasteiger partial charge on any atom is -0.380 e. The van der Waals surface area contributed by atoms with Gasteiger partial charge in [-0.2, -0.15) is 5.26 Å². The quantitative estimate of drug-likeness (QED) is 0.820. The number of hydrogen-bond donors (Lipinski definition) is 1. The summed E-state index contributed by atoms with van der Waals surface area (Å²) in [5.41, 5.74) is 2.84. The van der Waals surface area contributed by atoms with Crippen LogP contribution in [0.25, 0.3) is 0 Å². The van der Waals surface area contributed by atoms with Crippen molar-refractivity contribution >= 4 is 5.69 Å². The monoisotopic (exact) mass is 215 g/mol. The van der Waals surface area contributed by atoms with Gasteiger partial charge in [-0.25, -0.2) is 0 Å². The molecule has 0 aromatic heterocycles. The van der Waals surface area contributed by atoms with Crippen LogP contribution < -0.4 is 5.32 Å². The Bertz CT molecular complexity index is 420. The molecule has 1 aliphatic rings. The molecular formula is C13H17N3. The normalized spacial score (nSPS) is 20.7. The third kappa shape index (κ3) is 2.34. The Kier molecular flexibility index (Phi) is 3.12. The van der Waals surface area contributed by atoms with Gasteiger partial charge in [0.25, 0.3) is 0 Å². The molecule has 1 atom stereocenters. The van der Waals surface area contributed by atoms with E-state index < -0.39 is 0 Å². The van der Waals surface area contributed by atoms with Gasteiger partial charge in [0.2, 0.25) is 0 Å². The van der Waals surface area contributed by atoms with Gasteiger partial charge in [0.05, 0.1) is 11.3 Å². The number of rotatable bonds is 2. The Morgan fingerprint density at radius 1 is 1.50 bits per heavy atom. The van der Waals surface area contributed by atoms with E-state index in [1.807, 2.05) is 25.1 Å². The van der Waals surface area contributed by atoms with Crippen LogP contribution in [-0.4, -0.2) is 31.1 Å². The summed E-state index contributed by atoms with van der Waals surface area (Å²) in [7, 11) is 2.13. The predicted molar refractivity (Wildman–Crippen MR) is 65.4 cm³/mol. The lowest BCUT2D eigenvalue weighted by molar-refractivity contribution is 0.414. The first-order valence-electron chi connectivity index (χ1n) is 5.65. The highest BCUT2D eigenvalue weighted by Gasteiger charge is 2.19. The summed E-state index contributed by atoms with van der Waals surface area (Å²) in [6.45, 7) is 4.19. The maximum atomic E-state index is 9.07. The maximum Gasteiger partial charge on any atom is 0.101 e. The zero-order valence-corrected chi connectivity index (χ0v) is 9.83. The minimum absolute atomic E-state index is 0.472. The summed E-state index contributed by atoms with van der Waals surface area (Å²) in [6.07, 6.45) is 1.15. The van der Waals surface area contributed by atoms with Crippen LogP contribution >= 0.6 is 0 Å². The number of likely N-dealkylation sites (tertiary alicyclic amines) is 1. The molecule has 1 fully saturated rings. The zero-order chi connectivity index (χ0) is 11.5. The first-order valence-corrected chi connectivity index (χ1v) is 5.65. The predicted octanol–water partition coefficient (Wildman–Crippen LogP) is 1.98. The lowest BCUT2D eigenvalue weighted by Gasteiger charge is -2.15. The van der Waals surface area contributed by atoms with E-state index in [1.165, 1.54) is 0 Å². The van der Waals surface area contributed by atoms with Gasteiger partial charge in [-0.05, 0) is 44.6 Å². The van der Waals surface area contributed by atoms with Crippen LogP contribution in [0.1, 0.15) is 17.5 Å². The Balaban J connectivity index is 2.12. The van der Waals surface area contributed by atoms with Crippen LogP contribution in [0.3, 0.4) is 0 Å². The van der Waals surface area contributed by atoms with Gasteiger partial charge in [-0.15, -0.1) is 0 Å². The average molecular weight is 215 g/mol. The SMILES string of the molecule is Cc1ccc(NC2CCN(C)C2)c(C#N)c1. The van der Waals surface area contributed by atoms with Crippen molar-refractivity contribution in [1.29, 1.82) is 5.26 Å². The van der Waals surface area contributed by atoms with E-state index in [-0.39, 0.29) is 0 Å². The number of nitriles is 1. The second-order valence-electron chi connectivity index (χ2n) is 4.55. The highest BCUT2D eigenvalue weighted by Crippen LogP contribution is 2.20. The standard InChI is InChI=1S/C13H17N3/c1-10-3-4-13(11(7-10)8-14)15-12-5-6-16(2)9-12/h3-4,7,12,15H,5-6,9H2,1-2H3. The van der Waals surface area contributed by atoms with E-state index in [9.17, 15) is 0 Å². The summed E-state index contributed by atoms with van der Waals surface area (Å²) in [5.74, 6) is 0. The van der Waals surface area contributed by atoms with Crippen LogP contribution in [0.15, 0.2) is 18.2 Å². The number of benzene rings is 1. The number of aryl methyl sites for hydroxylation is 1. The third-order valence-electron chi connectivity index (χ3n) is 3.05. The van der Waals surface area contributed by atoms with Crippen molar-refractivity contribution in [2.24, 2.45) is 0 Å². The molecular weight excluding hydrogens is 198 g/mol. The molecule has 0 bridgehead atoms. The van der Waals surface area contributed by atoms with Crippen LogP contribution in [0, 0.1) is 18.3 Å². The van der Waals surface area contributed by atoms with Gasteiger partial charge in [-0.1, -0.05) is 6.07 Å². The number of likely N-dealkylation sites (N-methyl/N-ethyl adjacent to an activating group) is 1. The van der Waals surface area contributed by atoms with Gasteiger partial charge < -0.3 is 10.2 Å². The Hall–Kier alpha value is -1.53. The second kappa shape index (κ2) is 4.54. The fourth-order valence-corrected chi connectivity index (χ4v) is 2.15. The summed E-state index contributed by atoms with van der Waals surface area (Å²) in [6, 6.07) is 8.70. The van der Waals surface area contributed by atoms with Gasteiger partial charge in [0, 0.05) is 12.6 Å². The van der Waals surface area contributed by atoms with Crippen molar-refractivity contribution in [3.8, 4) is 6.07 Å². The van der Waals surface area contributed by atoms with Crippen LogP contribution in [0.4, 0.5) is 5.69 Å². The number of nitrogens with one attached hydrogen (secondary N) is 1. The molecule has 1 N–H and O–H groups in total. The molecule has 3 heteroatoms. The fourth-order valence-electron chi connectivity index (χ4n) is 2.15. The molecule has 3 nitrogen and oxygen atoms in total. The molecule has 2 rings (SSSR count). The van der Waals surface area contributed by atoms with Gasteiger partial charge in [0.15, 0.2) is 0 Å². The van der Waals surface area contributed by atoms with Crippen molar-refractivity contribution in [2.75, 3.05) is 25.5 Å². The van der Waals surface area contributed by atoms with Crippen LogP contribution in [0.2, 0.25) is 0 Å². The number of anilines is 1. The molecule has 0 saturated carbocycles. The lowest BCUT2D eigenvalue weighted by Crippen LogP contribution is -2.23. The van der Waals surface area contributed by atoms with Gasteiger partial charge in [0.1, 0.15) is 6.07 Å². The third-order valence-corrected chi connectivity index (χ3v) is 3.05. The van der Waals surface area contributed by atoms with E-state index in [0.29, 0.717) is 6.04 Å². The molecule has 1 heterocycles. The van der Waals surface area contributed by atoms with E-state index >= 15 is 0 Å². The Morgan fingerprint density at radius 3 is 2.94 bits per heavy atom. The average Bonchev–Trinajstić information content (AvgIpc) is 2.67. The molecule has 1 aromatic carbocycles. The maximum absolute atomic E-state index is 9.07. The van der Waals surface area contributed by atoms with Gasteiger partial charge >= 0.3 is 0 Å². The minimum atomic E-state index is 0.472. The van der Waals surface area contributed by atoms with Crippen molar-refractivity contribution < 1.29 is 0 Å². The highest BCUT2D eigenvalue weighted by molar-refractivity contribution is 5.59. The van der Waals surface area contributed by atoms with Crippen molar-refractivity contribution in [1.82, 2.24) is 4.90 Å². The molecule has 0 aliphatic carbocycles. The first kappa shape index (κ1) is 11.0. The number of nitrogens with zero attached hydrogens (tertiary/aromatic N) is 2. The number of hydrogen-bond acceptors (Lipinski definition) is 3. The lowest BCUT2D eigenvalue weighted by atomic mass is 10.1. The summed E-state index contributed by atoms with van der Waals surface area (Å²) in [5, 5.41) is 12.5. The van der Waals surface area contributed by atoms with Crippen molar-refractivity contribution in [2.45, 2.75) is 19.4 Å². The molecule has 1 aliphatic heterocycles. The molecule has 1 saturated heterocycles. The summed E-state index contributed by atoms with van der Waals surface area (Å²) < 4.78 is 0. The molecule has 1 unspecified atom stereocenters. The summed E-state index contributed by atoms with van der Waals surface area (Å²) in [4.78, 5) is 2.30. The Labute approximate surface area is 96.7 Å². The largest absolute Gasteiger partial charge is 0.380 e. The van der Waals surface area contributed by atoms with Crippen LogP contribution in [0.5, 0.6) is 0 Å². The van der Waals surface area contributed by atoms with Crippen molar-refractivity contribution in [3.05, 3.63) is 29.3 Å². The van der Waals surface area contributed by atoms with Gasteiger partial charge in [-0.3, -0.25) is 0 Å². The van der Waals surface area contributed by atoms with Crippen LogP contribution in [-0.2, 0) is 0 Å². The van der Waals surface area contributed by atoms with E-state index in [1.54, 1.807) is 0 Å².